The maximum absolute atomic E-state index is 12.9. The number of benzene rings is 1. The molecule has 17 heavy (non-hydrogen) atoms. The molecule has 0 aliphatic carbocycles. The van der Waals surface area contributed by atoms with E-state index in [4.69, 9.17) is 0 Å². The molecule has 0 radical (unpaired) electrons. The minimum absolute atomic E-state index is 0. The average molecular weight is 260 g/mol. The van der Waals surface area contributed by atoms with Crippen molar-refractivity contribution in [2.45, 2.75) is 31.9 Å². The van der Waals surface area contributed by atoms with Gasteiger partial charge in [0.1, 0.15) is 12.3 Å². The number of hydrogen-bond acceptors (Lipinski definition) is 2. The summed E-state index contributed by atoms with van der Waals surface area (Å²) in [4.78, 5) is 0. The Morgan fingerprint density at radius 3 is 2.88 bits per heavy atom. The summed E-state index contributed by atoms with van der Waals surface area (Å²) < 4.78 is 12.9. The van der Waals surface area contributed by atoms with Crippen molar-refractivity contribution in [3.05, 3.63) is 34.9 Å². The lowest BCUT2D eigenvalue weighted by atomic mass is 9.84. The SMILES string of the molecule is C[C@@H]1NCCc2c1cccc2[C@@](C)(O)CF.Cl. The lowest BCUT2D eigenvalue weighted by molar-refractivity contribution is 0.0289. The van der Waals surface area contributed by atoms with Gasteiger partial charge in [0.05, 0.1) is 0 Å². The van der Waals surface area contributed by atoms with Crippen LogP contribution in [-0.4, -0.2) is 18.3 Å². The van der Waals surface area contributed by atoms with Crippen LogP contribution in [0.3, 0.4) is 0 Å². The van der Waals surface area contributed by atoms with Crippen LogP contribution in [0.25, 0.3) is 0 Å². The number of alkyl halides is 1. The second kappa shape index (κ2) is 5.34. The molecule has 1 aliphatic rings. The van der Waals surface area contributed by atoms with Gasteiger partial charge in [-0.3, -0.25) is 0 Å². The first-order chi connectivity index (χ1) is 7.56. The highest BCUT2D eigenvalue weighted by Crippen LogP contribution is 2.32. The van der Waals surface area contributed by atoms with Crippen LogP contribution in [0.5, 0.6) is 0 Å². The van der Waals surface area contributed by atoms with Gasteiger partial charge < -0.3 is 10.4 Å². The summed E-state index contributed by atoms with van der Waals surface area (Å²) in [7, 11) is 0. The van der Waals surface area contributed by atoms with Crippen molar-refractivity contribution in [1.29, 1.82) is 0 Å². The molecule has 4 heteroatoms. The van der Waals surface area contributed by atoms with E-state index in [1.165, 1.54) is 12.5 Å². The molecule has 0 fully saturated rings. The number of nitrogens with one attached hydrogen (secondary N) is 1. The predicted molar refractivity (Wildman–Crippen MR) is 69.4 cm³/mol. The maximum Gasteiger partial charge on any atom is 0.122 e. The fourth-order valence-corrected chi connectivity index (χ4v) is 2.39. The van der Waals surface area contributed by atoms with Crippen molar-refractivity contribution in [3.63, 3.8) is 0 Å². The Hall–Kier alpha value is -0.640. The molecule has 2 atom stereocenters. The van der Waals surface area contributed by atoms with E-state index in [0.29, 0.717) is 0 Å². The summed E-state index contributed by atoms with van der Waals surface area (Å²) in [5, 5.41) is 13.4. The molecule has 0 aromatic heterocycles. The molecule has 0 unspecified atom stereocenters. The van der Waals surface area contributed by atoms with Gasteiger partial charge in [0.15, 0.2) is 0 Å². The summed E-state index contributed by atoms with van der Waals surface area (Å²) >= 11 is 0. The first-order valence-electron chi connectivity index (χ1n) is 5.70. The zero-order valence-corrected chi connectivity index (χ0v) is 11.0. The third-order valence-electron chi connectivity index (χ3n) is 3.34. The molecule has 1 aromatic rings. The number of halogens is 2. The minimum atomic E-state index is -1.36. The van der Waals surface area contributed by atoms with E-state index in [9.17, 15) is 9.50 Å². The van der Waals surface area contributed by atoms with Gasteiger partial charge in [0.25, 0.3) is 0 Å². The second-order valence-corrected chi connectivity index (χ2v) is 4.71. The van der Waals surface area contributed by atoms with Crippen LogP contribution >= 0.6 is 12.4 Å². The number of rotatable bonds is 2. The first kappa shape index (κ1) is 14.4. The van der Waals surface area contributed by atoms with Crippen molar-refractivity contribution >= 4 is 12.4 Å². The topological polar surface area (TPSA) is 32.3 Å². The minimum Gasteiger partial charge on any atom is -0.383 e. The third-order valence-corrected chi connectivity index (χ3v) is 3.34. The van der Waals surface area contributed by atoms with Crippen molar-refractivity contribution < 1.29 is 9.50 Å². The fraction of sp³-hybridized carbons (Fsp3) is 0.538. The van der Waals surface area contributed by atoms with Crippen LogP contribution < -0.4 is 5.32 Å². The second-order valence-electron chi connectivity index (χ2n) is 4.71. The molecule has 1 aliphatic heterocycles. The molecular weight excluding hydrogens is 241 g/mol. The van der Waals surface area contributed by atoms with Gasteiger partial charge >= 0.3 is 0 Å². The summed E-state index contributed by atoms with van der Waals surface area (Å²) in [6, 6.07) is 6.04. The largest absolute Gasteiger partial charge is 0.383 e. The van der Waals surface area contributed by atoms with Crippen LogP contribution in [0.4, 0.5) is 4.39 Å². The number of aliphatic hydroxyl groups is 1. The van der Waals surface area contributed by atoms with Gasteiger partial charge in [-0.2, -0.15) is 0 Å². The Morgan fingerprint density at radius 2 is 2.24 bits per heavy atom. The highest BCUT2D eigenvalue weighted by atomic mass is 35.5. The van der Waals surface area contributed by atoms with Gasteiger partial charge in [-0.15, -0.1) is 12.4 Å². The Labute approximate surface area is 108 Å². The van der Waals surface area contributed by atoms with E-state index in [2.05, 4.69) is 12.2 Å². The van der Waals surface area contributed by atoms with Crippen molar-refractivity contribution in [2.75, 3.05) is 13.2 Å². The molecular formula is C13H19ClFNO. The lowest BCUT2D eigenvalue weighted by Crippen LogP contribution is -2.32. The molecule has 0 bridgehead atoms. The van der Waals surface area contributed by atoms with E-state index < -0.39 is 12.3 Å². The average Bonchev–Trinajstić information content (AvgIpc) is 2.29. The van der Waals surface area contributed by atoms with Gasteiger partial charge in [-0.25, -0.2) is 4.39 Å². The molecule has 1 heterocycles. The molecule has 1 aromatic carbocycles. The van der Waals surface area contributed by atoms with E-state index in [0.717, 1.165) is 24.1 Å². The molecule has 0 amide bonds. The van der Waals surface area contributed by atoms with Crippen molar-refractivity contribution in [3.8, 4) is 0 Å². The monoisotopic (exact) mass is 259 g/mol. The van der Waals surface area contributed by atoms with Crippen molar-refractivity contribution in [1.82, 2.24) is 5.32 Å². The zero-order valence-electron chi connectivity index (χ0n) is 10.2. The van der Waals surface area contributed by atoms with E-state index in [-0.39, 0.29) is 18.4 Å². The molecule has 2 rings (SSSR count). The van der Waals surface area contributed by atoms with Crippen LogP contribution in [0.1, 0.15) is 36.6 Å². The quantitative estimate of drug-likeness (QED) is 0.855. The van der Waals surface area contributed by atoms with Crippen LogP contribution in [0.15, 0.2) is 18.2 Å². The highest BCUT2D eigenvalue weighted by Gasteiger charge is 2.29. The van der Waals surface area contributed by atoms with Gasteiger partial charge in [-0.1, -0.05) is 18.2 Å². The predicted octanol–water partition coefficient (Wildman–Crippen LogP) is 2.49. The van der Waals surface area contributed by atoms with Crippen LogP contribution in [0.2, 0.25) is 0 Å². The summed E-state index contributed by atoms with van der Waals surface area (Å²) in [6.45, 7) is 3.76. The van der Waals surface area contributed by atoms with Crippen LogP contribution in [0, 0.1) is 0 Å². The van der Waals surface area contributed by atoms with Crippen molar-refractivity contribution in [2.24, 2.45) is 0 Å². The zero-order chi connectivity index (χ0) is 11.8. The number of hydrogen-bond donors (Lipinski definition) is 2. The van der Waals surface area contributed by atoms with E-state index in [1.807, 2.05) is 18.2 Å². The highest BCUT2D eigenvalue weighted by molar-refractivity contribution is 5.85. The normalized spacial score (nSPS) is 22.2. The van der Waals surface area contributed by atoms with Gasteiger partial charge in [0, 0.05) is 6.04 Å². The molecule has 96 valence electrons. The van der Waals surface area contributed by atoms with Gasteiger partial charge in [-0.05, 0) is 43.5 Å². The maximum atomic E-state index is 12.9. The lowest BCUT2D eigenvalue weighted by Gasteiger charge is -2.30. The van der Waals surface area contributed by atoms with E-state index >= 15 is 0 Å². The number of fused-ring (bicyclic) bond motifs is 1. The molecule has 2 nitrogen and oxygen atoms in total. The summed E-state index contributed by atoms with van der Waals surface area (Å²) in [5.74, 6) is 0. The van der Waals surface area contributed by atoms with Crippen LogP contribution in [-0.2, 0) is 12.0 Å². The Bertz CT molecular complexity index is 395. The van der Waals surface area contributed by atoms with Gasteiger partial charge in [0.2, 0.25) is 0 Å². The first-order valence-corrected chi connectivity index (χ1v) is 5.70. The standard InChI is InChI=1S/C13H18FNO.ClH/c1-9-10-4-3-5-12(13(2,16)8-14)11(10)6-7-15-9;/h3-5,9,15-16H,6-8H2,1-2H3;1H/t9-,13-;/m0./s1. The Kier molecular flexibility index (Phi) is 4.53. The summed E-state index contributed by atoms with van der Waals surface area (Å²) in [5.41, 5.74) is 1.66. The Balaban J connectivity index is 0.00000144. The smallest absolute Gasteiger partial charge is 0.122 e. The third kappa shape index (κ3) is 2.62. The fourth-order valence-electron chi connectivity index (χ4n) is 2.39. The molecule has 0 spiro atoms. The summed E-state index contributed by atoms with van der Waals surface area (Å²) in [6.07, 6.45) is 0.853. The molecule has 0 saturated heterocycles. The Morgan fingerprint density at radius 1 is 1.53 bits per heavy atom. The van der Waals surface area contributed by atoms with E-state index in [1.54, 1.807) is 0 Å². The molecule has 2 N–H and O–H groups in total. The molecule has 0 saturated carbocycles.